The van der Waals surface area contributed by atoms with Gasteiger partial charge in [-0.05, 0) is 37.5 Å². The fraction of sp³-hybridized carbons (Fsp3) is 0.458. The molecule has 3 heterocycles. The average Bonchev–Trinajstić information content (AvgIpc) is 3.45. The zero-order valence-corrected chi connectivity index (χ0v) is 19.8. The maximum atomic E-state index is 13.1. The summed E-state index contributed by atoms with van der Waals surface area (Å²) < 4.78 is 14.5. The van der Waals surface area contributed by atoms with E-state index in [2.05, 4.69) is 15.7 Å². The summed E-state index contributed by atoms with van der Waals surface area (Å²) in [5, 5.41) is 9.85. The average molecular weight is 485 g/mol. The molecule has 0 radical (unpaired) electrons. The van der Waals surface area contributed by atoms with E-state index in [0.29, 0.717) is 25.9 Å². The van der Waals surface area contributed by atoms with Crippen LogP contribution in [0.5, 0.6) is 0 Å². The second-order valence-corrected chi connectivity index (χ2v) is 9.11. The van der Waals surface area contributed by atoms with Crippen molar-refractivity contribution in [2.75, 3.05) is 26.7 Å². The number of amides is 4. The van der Waals surface area contributed by atoms with Gasteiger partial charge in [-0.2, -0.15) is 5.10 Å². The Hall–Kier alpha value is -3.76. The number of likely N-dealkylation sites (tertiary alicyclic amines) is 1. The number of likely N-dealkylation sites (N-methyl/N-ethyl adjacent to an activating group) is 1. The minimum atomic E-state index is -1.23. The molecule has 10 nitrogen and oxygen atoms in total. The number of aromatic nitrogens is 2. The Bertz CT molecular complexity index is 1150. The SMILES string of the molecule is CN1C(=O)c2cc(C(=O)NCCCN3CCCC3=O)nn2C[C@@]1(C)C(=O)NCc1ccc(F)cc1. The van der Waals surface area contributed by atoms with Crippen LogP contribution in [-0.2, 0) is 22.7 Å². The molecule has 0 saturated carbocycles. The summed E-state index contributed by atoms with van der Waals surface area (Å²) in [4.78, 5) is 53.4. The predicted molar refractivity (Wildman–Crippen MR) is 124 cm³/mol. The number of halogens is 1. The van der Waals surface area contributed by atoms with Crippen molar-refractivity contribution < 1.29 is 23.6 Å². The first-order chi connectivity index (χ1) is 16.7. The summed E-state index contributed by atoms with van der Waals surface area (Å²) in [6.07, 6.45) is 2.08. The first-order valence-corrected chi connectivity index (χ1v) is 11.6. The van der Waals surface area contributed by atoms with Crippen molar-refractivity contribution in [2.45, 2.75) is 44.8 Å². The molecule has 2 aliphatic rings. The van der Waals surface area contributed by atoms with Crippen LogP contribution in [0.1, 0.15) is 52.7 Å². The highest BCUT2D eigenvalue weighted by Crippen LogP contribution is 2.26. The topological polar surface area (TPSA) is 117 Å². The fourth-order valence-electron chi connectivity index (χ4n) is 4.32. The molecule has 1 aromatic heterocycles. The minimum Gasteiger partial charge on any atom is -0.351 e. The van der Waals surface area contributed by atoms with Gasteiger partial charge in [0.2, 0.25) is 11.8 Å². The van der Waals surface area contributed by atoms with Gasteiger partial charge in [0.05, 0.1) is 6.54 Å². The van der Waals surface area contributed by atoms with Crippen molar-refractivity contribution in [1.29, 1.82) is 0 Å². The summed E-state index contributed by atoms with van der Waals surface area (Å²) >= 11 is 0. The monoisotopic (exact) mass is 484 g/mol. The maximum absolute atomic E-state index is 13.1. The van der Waals surface area contributed by atoms with Crippen LogP contribution in [0, 0.1) is 5.82 Å². The lowest BCUT2D eigenvalue weighted by atomic mass is 9.96. The smallest absolute Gasteiger partial charge is 0.272 e. The van der Waals surface area contributed by atoms with E-state index in [-0.39, 0.29) is 42.1 Å². The highest BCUT2D eigenvalue weighted by atomic mass is 19.1. The van der Waals surface area contributed by atoms with E-state index in [1.54, 1.807) is 24.0 Å². The third kappa shape index (κ3) is 5.03. The molecule has 35 heavy (non-hydrogen) atoms. The van der Waals surface area contributed by atoms with E-state index >= 15 is 0 Å². The van der Waals surface area contributed by atoms with Crippen molar-refractivity contribution in [3.63, 3.8) is 0 Å². The molecule has 186 valence electrons. The van der Waals surface area contributed by atoms with Crippen molar-refractivity contribution in [1.82, 2.24) is 30.2 Å². The number of fused-ring (bicyclic) bond motifs is 1. The molecule has 2 N–H and O–H groups in total. The van der Waals surface area contributed by atoms with Crippen LogP contribution in [0.25, 0.3) is 0 Å². The van der Waals surface area contributed by atoms with E-state index in [1.165, 1.54) is 34.8 Å². The molecule has 0 unspecified atom stereocenters. The van der Waals surface area contributed by atoms with Gasteiger partial charge >= 0.3 is 0 Å². The van der Waals surface area contributed by atoms with Crippen molar-refractivity contribution in [3.05, 3.63) is 53.1 Å². The molecule has 4 rings (SSSR count). The van der Waals surface area contributed by atoms with Crippen LogP contribution in [0.15, 0.2) is 30.3 Å². The fourth-order valence-corrected chi connectivity index (χ4v) is 4.32. The van der Waals surface area contributed by atoms with Gasteiger partial charge in [-0.3, -0.25) is 23.9 Å². The standard InChI is InChI=1S/C24H29FN6O4/c1-24(23(35)27-14-16-6-8-17(25)9-7-16)15-31-19(22(34)29(24)2)13-18(28-31)21(33)26-10-4-12-30-11-3-5-20(30)32/h6-9,13H,3-5,10-12,14-15H2,1-2H3,(H,26,33)(H,27,35)/t24-/m0/s1. The maximum Gasteiger partial charge on any atom is 0.272 e. The Morgan fingerprint density at radius 3 is 2.60 bits per heavy atom. The zero-order chi connectivity index (χ0) is 25.2. The number of hydrogen-bond acceptors (Lipinski definition) is 5. The molecular formula is C24H29FN6O4. The molecule has 2 aromatic rings. The van der Waals surface area contributed by atoms with Crippen molar-refractivity contribution in [2.24, 2.45) is 0 Å². The molecule has 1 saturated heterocycles. The molecule has 0 aliphatic carbocycles. The summed E-state index contributed by atoms with van der Waals surface area (Å²) in [7, 11) is 1.54. The summed E-state index contributed by atoms with van der Waals surface area (Å²) in [6.45, 7) is 3.61. The summed E-state index contributed by atoms with van der Waals surface area (Å²) in [6, 6.07) is 7.20. The van der Waals surface area contributed by atoms with Crippen LogP contribution in [-0.4, -0.2) is 75.4 Å². The third-order valence-corrected chi connectivity index (χ3v) is 6.65. The van der Waals surface area contributed by atoms with Gasteiger partial charge in [0.25, 0.3) is 11.8 Å². The predicted octanol–water partition coefficient (Wildman–Crippen LogP) is 0.925. The number of rotatable bonds is 8. The van der Waals surface area contributed by atoms with Gasteiger partial charge in [-0.1, -0.05) is 12.1 Å². The number of carbonyl (C=O) groups excluding carboxylic acids is 4. The van der Waals surface area contributed by atoms with Crippen LogP contribution < -0.4 is 10.6 Å². The zero-order valence-electron chi connectivity index (χ0n) is 19.8. The van der Waals surface area contributed by atoms with E-state index in [0.717, 1.165) is 18.5 Å². The molecule has 0 spiro atoms. The Morgan fingerprint density at radius 1 is 1.17 bits per heavy atom. The lowest BCUT2D eigenvalue weighted by Gasteiger charge is -2.40. The quantitative estimate of drug-likeness (QED) is 0.541. The molecule has 4 amide bonds. The number of benzene rings is 1. The molecule has 2 aliphatic heterocycles. The van der Waals surface area contributed by atoms with E-state index in [1.807, 2.05) is 0 Å². The van der Waals surface area contributed by atoms with Gasteiger partial charge in [0.15, 0.2) is 5.69 Å². The largest absolute Gasteiger partial charge is 0.351 e. The van der Waals surface area contributed by atoms with Gasteiger partial charge < -0.3 is 20.4 Å². The van der Waals surface area contributed by atoms with Crippen LogP contribution >= 0.6 is 0 Å². The van der Waals surface area contributed by atoms with Crippen LogP contribution in [0.2, 0.25) is 0 Å². The highest BCUT2D eigenvalue weighted by Gasteiger charge is 2.46. The summed E-state index contributed by atoms with van der Waals surface area (Å²) in [5.41, 5.74) is -0.188. The second kappa shape index (κ2) is 9.85. The number of hydrogen-bond donors (Lipinski definition) is 2. The van der Waals surface area contributed by atoms with Gasteiger partial charge in [-0.25, -0.2) is 4.39 Å². The Morgan fingerprint density at radius 2 is 1.91 bits per heavy atom. The second-order valence-electron chi connectivity index (χ2n) is 9.11. The van der Waals surface area contributed by atoms with Crippen molar-refractivity contribution >= 4 is 23.6 Å². The summed E-state index contributed by atoms with van der Waals surface area (Å²) in [5.74, 6) is -1.45. The van der Waals surface area contributed by atoms with Crippen molar-refractivity contribution in [3.8, 4) is 0 Å². The van der Waals surface area contributed by atoms with E-state index in [9.17, 15) is 23.6 Å². The molecule has 1 aromatic carbocycles. The minimum absolute atomic E-state index is 0.0736. The van der Waals surface area contributed by atoms with Gasteiger partial charge in [0, 0.05) is 45.7 Å². The first kappa shape index (κ1) is 24.4. The number of nitrogens with zero attached hydrogens (tertiary/aromatic N) is 4. The molecule has 1 atom stereocenters. The Labute approximate surface area is 202 Å². The van der Waals surface area contributed by atoms with Gasteiger partial charge in [0.1, 0.15) is 17.1 Å². The van der Waals surface area contributed by atoms with Crippen LogP contribution in [0.4, 0.5) is 4.39 Å². The first-order valence-electron chi connectivity index (χ1n) is 11.6. The molecular weight excluding hydrogens is 455 g/mol. The molecule has 11 heteroatoms. The highest BCUT2D eigenvalue weighted by molar-refractivity contribution is 6.01. The third-order valence-electron chi connectivity index (χ3n) is 6.65. The van der Waals surface area contributed by atoms with E-state index < -0.39 is 17.4 Å². The normalized spacial score (nSPS) is 19.6. The lowest BCUT2D eigenvalue weighted by Crippen LogP contribution is -2.62. The number of nitrogens with one attached hydrogen (secondary N) is 2. The van der Waals surface area contributed by atoms with Crippen LogP contribution in [0.3, 0.4) is 0 Å². The lowest BCUT2D eigenvalue weighted by molar-refractivity contribution is -0.132. The van der Waals surface area contributed by atoms with Gasteiger partial charge in [-0.15, -0.1) is 0 Å². The molecule has 1 fully saturated rings. The number of carbonyl (C=O) groups is 4. The molecule has 0 bridgehead atoms. The Balaban J connectivity index is 1.37. The Kier molecular flexibility index (Phi) is 6.86. The van der Waals surface area contributed by atoms with E-state index in [4.69, 9.17) is 0 Å².